The van der Waals surface area contributed by atoms with E-state index in [0.717, 1.165) is 22.2 Å². The molecule has 5 nitrogen and oxygen atoms in total. The Hall–Kier alpha value is -3.44. The molecule has 0 aliphatic rings. The fraction of sp³-hybridized carbons (Fsp3) is 0.0455. The Morgan fingerprint density at radius 1 is 1.00 bits per heavy atom. The van der Waals surface area contributed by atoms with Crippen LogP contribution in [0.2, 0.25) is 5.02 Å². The van der Waals surface area contributed by atoms with Crippen molar-refractivity contribution < 1.29 is 4.79 Å². The number of carbonyl (C=O) groups excluding carboxylic acids is 1. The number of aromatic nitrogens is 2. The molecule has 0 unspecified atom stereocenters. The van der Waals surface area contributed by atoms with Crippen molar-refractivity contribution >= 4 is 45.5 Å². The van der Waals surface area contributed by atoms with Crippen molar-refractivity contribution in [2.45, 2.75) is 6.92 Å². The van der Waals surface area contributed by atoms with Gasteiger partial charge < -0.3 is 10.6 Å². The van der Waals surface area contributed by atoms with Crippen molar-refractivity contribution in [3.63, 3.8) is 0 Å². The Labute approximate surface area is 167 Å². The van der Waals surface area contributed by atoms with Crippen molar-refractivity contribution in [1.82, 2.24) is 9.97 Å². The van der Waals surface area contributed by atoms with Gasteiger partial charge in [0, 0.05) is 28.5 Å². The highest BCUT2D eigenvalue weighted by Crippen LogP contribution is 2.25. The molecular formula is C22H17ClN4O. The minimum Gasteiger partial charge on any atom is -0.354 e. The Balaban J connectivity index is 1.58. The summed E-state index contributed by atoms with van der Waals surface area (Å²) in [6, 6.07) is 16.9. The molecule has 0 bridgehead atoms. The highest BCUT2D eigenvalue weighted by atomic mass is 35.5. The Bertz CT molecular complexity index is 1170. The number of para-hydroxylation sites is 1. The van der Waals surface area contributed by atoms with Gasteiger partial charge in [0.1, 0.15) is 0 Å². The van der Waals surface area contributed by atoms with Crippen LogP contribution in [0.1, 0.15) is 15.9 Å². The number of halogens is 1. The normalized spacial score (nSPS) is 10.6. The second kappa shape index (κ2) is 7.66. The lowest BCUT2D eigenvalue weighted by Gasteiger charge is -2.11. The number of rotatable bonds is 4. The molecule has 4 rings (SSSR count). The van der Waals surface area contributed by atoms with Crippen LogP contribution in [0.4, 0.5) is 17.1 Å². The zero-order valence-corrected chi connectivity index (χ0v) is 15.9. The molecule has 0 fully saturated rings. The molecule has 0 saturated heterocycles. The van der Waals surface area contributed by atoms with E-state index in [4.69, 9.17) is 11.6 Å². The predicted octanol–water partition coefficient (Wildman–Crippen LogP) is 5.59. The van der Waals surface area contributed by atoms with Crippen LogP contribution in [0, 0.1) is 6.92 Å². The average Bonchev–Trinajstić information content (AvgIpc) is 2.71. The van der Waals surface area contributed by atoms with Gasteiger partial charge in [0.2, 0.25) is 0 Å². The number of nitrogens with zero attached hydrogens (tertiary/aromatic N) is 2. The number of carbonyl (C=O) groups is 1. The summed E-state index contributed by atoms with van der Waals surface area (Å²) in [5.41, 5.74) is 4.46. The first kappa shape index (κ1) is 17.9. The molecule has 0 atom stereocenters. The molecule has 0 saturated carbocycles. The van der Waals surface area contributed by atoms with E-state index in [1.807, 2.05) is 55.5 Å². The first-order valence-electron chi connectivity index (χ1n) is 8.73. The summed E-state index contributed by atoms with van der Waals surface area (Å²) >= 11 is 6.08. The molecule has 2 heterocycles. The fourth-order valence-electron chi connectivity index (χ4n) is 2.92. The van der Waals surface area contributed by atoms with Gasteiger partial charge in [-0.15, -0.1) is 0 Å². The van der Waals surface area contributed by atoms with Crippen molar-refractivity contribution in [2.75, 3.05) is 10.6 Å². The van der Waals surface area contributed by atoms with Crippen LogP contribution < -0.4 is 10.6 Å². The second-order valence-electron chi connectivity index (χ2n) is 6.38. The third-order valence-electron chi connectivity index (χ3n) is 4.36. The molecule has 28 heavy (non-hydrogen) atoms. The lowest BCUT2D eigenvalue weighted by atomic mass is 10.1. The van der Waals surface area contributed by atoms with Crippen molar-refractivity contribution in [3.05, 3.63) is 89.3 Å². The molecule has 0 spiro atoms. The summed E-state index contributed by atoms with van der Waals surface area (Å²) in [7, 11) is 0. The molecule has 4 aromatic rings. The molecule has 6 heteroatoms. The van der Waals surface area contributed by atoms with Crippen LogP contribution in [0.25, 0.3) is 10.9 Å². The summed E-state index contributed by atoms with van der Waals surface area (Å²) in [6.07, 6.45) is 4.90. The summed E-state index contributed by atoms with van der Waals surface area (Å²) < 4.78 is 0. The topological polar surface area (TPSA) is 66.9 Å². The number of aryl methyl sites for hydroxylation is 1. The van der Waals surface area contributed by atoms with Crippen molar-refractivity contribution in [3.8, 4) is 0 Å². The first-order valence-corrected chi connectivity index (χ1v) is 9.11. The van der Waals surface area contributed by atoms with E-state index in [1.165, 1.54) is 6.20 Å². The Morgan fingerprint density at radius 3 is 2.75 bits per heavy atom. The van der Waals surface area contributed by atoms with Gasteiger partial charge in [-0.25, -0.2) is 0 Å². The Morgan fingerprint density at radius 2 is 1.86 bits per heavy atom. The van der Waals surface area contributed by atoms with E-state index in [9.17, 15) is 4.79 Å². The monoisotopic (exact) mass is 388 g/mol. The van der Waals surface area contributed by atoms with Gasteiger partial charge in [0.15, 0.2) is 0 Å². The van der Waals surface area contributed by atoms with E-state index in [0.29, 0.717) is 22.0 Å². The van der Waals surface area contributed by atoms with Gasteiger partial charge in [-0.05, 0) is 42.8 Å². The highest BCUT2D eigenvalue weighted by Gasteiger charge is 2.11. The maximum atomic E-state index is 12.8. The highest BCUT2D eigenvalue weighted by molar-refractivity contribution is 6.30. The van der Waals surface area contributed by atoms with Crippen LogP contribution in [0.15, 0.2) is 73.2 Å². The van der Waals surface area contributed by atoms with Crippen LogP contribution in [0.5, 0.6) is 0 Å². The molecule has 2 N–H and O–H groups in total. The minimum absolute atomic E-state index is 0.253. The fourth-order valence-corrected chi connectivity index (χ4v) is 3.09. The number of nitrogens with one attached hydrogen (secondary N) is 2. The van der Waals surface area contributed by atoms with E-state index in [-0.39, 0.29) is 5.91 Å². The van der Waals surface area contributed by atoms with E-state index in [2.05, 4.69) is 20.6 Å². The van der Waals surface area contributed by atoms with Gasteiger partial charge in [0.05, 0.1) is 28.7 Å². The van der Waals surface area contributed by atoms with Gasteiger partial charge in [0.25, 0.3) is 5.91 Å². The first-order chi connectivity index (χ1) is 13.6. The number of pyridine rings is 2. The Kier molecular flexibility index (Phi) is 4.91. The van der Waals surface area contributed by atoms with Crippen LogP contribution in [0.3, 0.4) is 0 Å². The molecule has 1 amide bonds. The van der Waals surface area contributed by atoms with Gasteiger partial charge in [-0.3, -0.25) is 14.8 Å². The minimum atomic E-state index is -0.253. The molecule has 0 aliphatic heterocycles. The van der Waals surface area contributed by atoms with E-state index in [1.54, 1.807) is 18.5 Å². The van der Waals surface area contributed by atoms with Crippen LogP contribution >= 0.6 is 11.6 Å². The third kappa shape index (κ3) is 3.80. The van der Waals surface area contributed by atoms with Crippen LogP contribution in [-0.4, -0.2) is 15.9 Å². The van der Waals surface area contributed by atoms with Gasteiger partial charge >= 0.3 is 0 Å². The predicted molar refractivity (Wildman–Crippen MR) is 113 cm³/mol. The number of hydrogen-bond acceptors (Lipinski definition) is 4. The quantitative estimate of drug-likeness (QED) is 0.478. The second-order valence-corrected chi connectivity index (χ2v) is 6.82. The standard InChI is InChI=1S/C22H17ClN4O/c1-14-7-8-17(23)11-20(14)26-18-10-16(12-24-13-18)22(28)27-19-6-2-4-15-5-3-9-25-21(15)19/h2-13,26H,1H3,(H,27,28). The van der Waals surface area contributed by atoms with Crippen LogP contribution in [-0.2, 0) is 0 Å². The lowest BCUT2D eigenvalue weighted by molar-refractivity contribution is 0.102. The van der Waals surface area contributed by atoms with Crippen molar-refractivity contribution in [1.29, 1.82) is 0 Å². The maximum absolute atomic E-state index is 12.8. The number of hydrogen-bond donors (Lipinski definition) is 2. The summed E-state index contributed by atoms with van der Waals surface area (Å²) in [5, 5.41) is 7.79. The van der Waals surface area contributed by atoms with E-state index >= 15 is 0 Å². The van der Waals surface area contributed by atoms with E-state index < -0.39 is 0 Å². The number of fused-ring (bicyclic) bond motifs is 1. The maximum Gasteiger partial charge on any atom is 0.257 e. The average molecular weight is 389 g/mol. The van der Waals surface area contributed by atoms with Gasteiger partial charge in [-0.1, -0.05) is 35.9 Å². The third-order valence-corrected chi connectivity index (χ3v) is 4.60. The number of amides is 1. The SMILES string of the molecule is Cc1ccc(Cl)cc1Nc1cncc(C(=O)Nc2cccc3cccnc23)c1. The molecule has 0 radical (unpaired) electrons. The lowest BCUT2D eigenvalue weighted by Crippen LogP contribution is -2.13. The molecule has 0 aliphatic carbocycles. The molecule has 138 valence electrons. The molecule has 2 aromatic carbocycles. The van der Waals surface area contributed by atoms with Gasteiger partial charge in [-0.2, -0.15) is 0 Å². The summed E-state index contributed by atoms with van der Waals surface area (Å²) in [4.78, 5) is 21.3. The molecule has 2 aromatic heterocycles. The summed E-state index contributed by atoms with van der Waals surface area (Å²) in [6.45, 7) is 1.98. The zero-order valence-electron chi connectivity index (χ0n) is 15.1. The number of benzene rings is 2. The van der Waals surface area contributed by atoms with Crippen molar-refractivity contribution in [2.24, 2.45) is 0 Å². The smallest absolute Gasteiger partial charge is 0.257 e. The number of anilines is 3. The molecular weight excluding hydrogens is 372 g/mol. The zero-order chi connectivity index (χ0) is 19.5. The largest absolute Gasteiger partial charge is 0.354 e. The summed E-state index contributed by atoms with van der Waals surface area (Å²) in [5.74, 6) is -0.253.